The largest absolute Gasteiger partial charge is 0.492 e. The molecule has 0 spiro atoms. The molecular formula is C24H29N3O3. The Kier molecular flexibility index (Phi) is 5.35. The Morgan fingerprint density at radius 3 is 2.63 bits per heavy atom. The van der Waals surface area contributed by atoms with E-state index < -0.39 is 0 Å². The van der Waals surface area contributed by atoms with Crippen LogP contribution in [0, 0.1) is 6.92 Å². The van der Waals surface area contributed by atoms with E-state index in [9.17, 15) is 4.79 Å². The number of hydrogen-bond acceptors (Lipinski definition) is 5. The first-order chi connectivity index (χ1) is 14.7. The smallest absolute Gasteiger partial charge is 0.262 e. The van der Waals surface area contributed by atoms with E-state index in [1.165, 1.54) is 12.8 Å². The molecule has 0 N–H and O–H groups in total. The zero-order valence-corrected chi connectivity index (χ0v) is 17.5. The van der Waals surface area contributed by atoms with Crippen LogP contribution in [0.2, 0.25) is 0 Å². The van der Waals surface area contributed by atoms with Crippen LogP contribution in [0.4, 0.5) is 11.4 Å². The highest BCUT2D eigenvalue weighted by molar-refractivity contribution is 6.12. The monoisotopic (exact) mass is 407 g/mol. The molecule has 2 heterocycles. The molecule has 2 aromatic rings. The van der Waals surface area contributed by atoms with Gasteiger partial charge in [0.05, 0.1) is 31.1 Å². The summed E-state index contributed by atoms with van der Waals surface area (Å²) in [5, 5.41) is 0. The van der Waals surface area contributed by atoms with Gasteiger partial charge < -0.3 is 14.4 Å². The van der Waals surface area contributed by atoms with Gasteiger partial charge in [-0.05, 0) is 49.6 Å². The molecular weight excluding hydrogens is 378 g/mol. The topological polar surface area (TPSA) is 45.2 Å². The van der Waals surface area contributed by atoms with Gasteiger partial charge in [0.25, 0.3) is 5.91 Å². The average Bonchev–Trinajstić information content (AvgIpc) is 3.61. The molecule has 3 aliphatic rings. The maximum absolute atomic E-state index is 13.5. The molecule has 0 radical (unpaired) electrons. The van der Waals surface area contributed by atoms with Gasteiger partial charge in [-0.25, -0.2) is 0 Å². The molecule has 2 aromatic carbocycles. The number of benzene rings is 2. The van der Waals surface area contributed by atoms with Crippen LogP contribution in [-0.2, 0) is 4.74 Å². The van der Waals surface area contributed by atoms with Crippen LogP contribution in [-0.4, -0.2) is 63.0 Å². The average molecular weight is 408 g/mol. The van der Waals surface area contributed by atoms with Crippen molar-refractivity contribution in [3.8, 4) is 5.75 Å². The third kappa shape index (κ3) is 3.89. The third-order valence-corrected chi connectivity index (χ3v) is 6.22. The van der Waals surface area contributed by atoms with Crippen LogP contribution in [0.5, 0.6) is 5.75 Å². The summed E-state index contributed by atoms with van der Waals surface area (Å²) in [7, 11) is 0. The summed E-state index contributed by atoms with van der Waals surface area (Å²) < 4.78 is 11.4. The van der Waals surface area contributed by atoms with E-state index in [-0.39, 0.29) is 5.91 Å². The van der Waals surface area contributed by atoms with Gasteiger partial charge >= 0.3 is 0 Å². The Morgan fingerprint density at radius 2 is 1.87 bits per heavy atom. The second-order valence-electron chi connectivity index (χ2n) is 8.34. The molecule has 30 heavy (non-hydrogen) atoms. The van der Waals surface area contributed by atoms with Crippen molar-refractivity contribution in [2.75, 3.05) is 55.9 Å². The molecule has 2 aliphatic heterocycles. The molecule has 1 aliphatic carbocycles. The number of para-hydroxylation sites is 1. The van der Waals surface area contributed by atoms with Crippen molar-refractivity contribution < 1.29 is 14.3 Å². The Bertz CT molecular complexity index is 922. The molecule has 6 heteroatoms. The summed E-state index contributed by atoms with van der Waals surface area (Å²) in [6.07, 6.45) is 2.38. The van der Waals surface area contributed by atoms with Crippen LogP contribution >= 0.6 is 0 Å². The Balaban J connectivity index is 1.36. The quantitative estimate of drug-likeness (QED) is 0.735. The van der Waals surface area contributed by atoms with Crippen molar-refractivity contribution >= 4 is 17.3 Å². The molecule has 1 saturated carbocycles. The fourth-order valence-corrected chi connectivity index (χ4v) is 4.33. The number of nitrogens with zero attached hydrogens (tertiary/aromatic N) is 3. The number of rotatable bonds is 6. The molecule has 5 rings (SSSR count). The van der Waals surface area contributed by atoms with Crippen molar-refractivity contribution in [3.05, 3.63) is 53.6 Å². The van der Waals surface area contributed by atoms with Crippen LogP contribution in [0.3, 0.4) is 0 Å². The van der Waals surface area contributed by atoms with Crippen molar-refractivity contribution in [1.82, 2.24) is 4.90 Å². The SMILES string of the molecule is Cc1ccccc1N1CN(C2CC2)c2ccc(OCCN3CCOCC3)cc2C1=O. The lowest BCUT2D eigenvalue weighted by Crippen LogP contribution is -2.48. The first kappa shape index (κ1) is 19.4. The summed E-state index contributed by atoms with van der Waals surface area (Å²) in [5.41, 5.74) is 3.87. The summed E-state index contributed by atoms with van der Waals surface area (Å²) in [4.78, 5) is 20.1. The van der Waals surface area contributed by atoms with Gasteiger partial charge in [-0.1, -0.05) is 18.2 Å². The maximum atomic E-state index is 13.5. The minimum absolute atomic E-state index is 0.0508. The second kappa shape index (κ2) is 8.28. The van der Waals surface area contributed by atoms with E-state index in [1.54, 1.807) is 0 Å². The number of carbonyl (C=O) groups is 1. The fraction of sp³-hybridized carbons (Fsp3) is 0.458. The highest BCUT2D eigenvalue weighted by Crippen LogP contribution is 2.40. The minimum atomic E-state index is 0.0508. The van der Waals surface area contributed by atoms with E-state index in [1.807, 2.05) is 35.2 Å². The van der Waals surface area contributed by atoms with E-state index >= 15 is 0 Å². The number of aryl methyl sites for hydroxylation is 1. The van der Waals surface area contributed by atoms with Crippen LogP contribution in [0.15, 0.2) is 42.5 Å². The molecule has 2 fully saturated rings. The number of morpholine rings is 1. The van der Waals surface area contributed by atoms with E-state index in [2.05, 4.69) is 28.9 Å². The Hall–Kier alpha value is -2.57. The lowest BCUT2D eigenvalue weighted by molar-refractivity contribution is 0.0322. The molecule has 0 atom stereocenters. The van der Waals surface area contributed by atoms with Gasteiger partial charge in [0.2, 0.25) is 0 Å². The summed E-state index contributed by atoms with van der Waals surface area (Å²) in [5.74, 6) is 0.813. The van der Waals surface area contributed by atoms with Gasteiger partial charge in [-0.3, -0.25) is 14.6 Å². The maximum Gasteiger partial charge on any atom is 0.262 e. The van der Waals surface area contributed by atoms with Crippen molar-refractivity contribution in [1.29, 1.82) is 0 Å². The van der Waals surface area contributed by atoms with Gasteiger partial charge in [-0.15, -0.1) is 0 Å². The van der Waals surface area contributed by atoms with Gasteiger partial charge in [0, 0.05) is 31.4 Å². The molecule has 158 valence electrons. The molecule has 1 saturated heterocycles. The predicted octanol–water partition coefficient (Wildman–Crippen LogP) is 3.29. The second-order valence-corrected chi connectivity index (χ2v) is 8.34. The van der Waals surface area contributed by atoms with Crippen molar-refractivity contribution in [3.63, 3.8) is 0 Å². The first-order valence-corrected chi connectivity index (χ1v) is 10.9. The highest BCUT2D eigenvalue weighted by Gasteiger charge is 2.38. The van der Waals surface area contributed by atoms with Gasteiger partial charge in [-0.2, -0.15) is 0 Å². The Morgan fingerprint density at radius 1 is 1.07 bits per heavy atom. The van der Waals surface area contributed by atoms with Crippen LogP contribution < -0.4 is 14.5 Å². The molecule has 0 bridgehead atoms. The van der Waals surface area contributed by atoms with Crippen molar-refractivity contribution in [2.24, 2.45) is 0 Å². The van der Waals surface area contributed by atoms with Crippen LogP contribution in [0.25, 0.3) is 0 Å². The van der Waals surface area contributed by atoms with Gasteiger partial charge in [0.15, 0.2) is 0 Å². The normalized spacial score (nSPS) is 19.7. The lowest BCUT2D eigenvalue weighted by Gasteiger charge is -2.39. The number of amides is 1. The minimum Gasteiger partial charge on any atom is -0.492 e. The Labute approximate surface area is 178 Å². The molecule has 1 amide bonds. The van der Waals surface area contributed by atoms with Gasteiger partial charge in [0.1, 0.15) is 12.4 Å². The third-order valence-electron chi connectivity index (χ3n) is 6.22. The number of hydrogen-bond donors (Lipinski definition) is 0. The molecule has 6 nitrogen and oxygen atoms in total. The summed E-state index contributed by atoms with van der Waals surface area (Å²) in [6, 6.07) is 14.6. The van der Waals surface area contributed by atoms with E-state index in [0.29, 0.717) is 19.3 Å². The summed E-state index contributed by atoms with van der Waals surface area (Å²) in [6.45, 7) is 7.64. The first-order valence-electron chi connectivity index (χ1n) is 10.9. The van der Waals surface area contributed by atoms with E-state index in [4.69, 9.17) is 9.47 Å². The predicted molar refractivity (Wildman–Crippen MR) is 118 cm³/mol. The standard InChI is InChI=1S/C24H29N3O3/c1-18-4-2-3-5-22(18)27-17-26(19-6-7-19)23-9-8-20(16-21(23)24(27)28)30-15-12-25-10-13-29-14-11-25/h2-5,8-9,16,19H,6-7,10-15,17H2,1H3. The molecule has 0 unspecified atom stereocenters. The zero-order chi connectivity index (χ0) is 20.5. The zero-order valence-electron chi connectivity index (χ0n) is 17.5. The fourth-order valence-electron chi connectivity index (χ4n) is 4.33. The lowest BCUT2D eigenvalue weighted by atomic mass is 10.1. The number of ether oxygens (including phenoxy) is 2. The highest BCUT2D eigenvalue weighted by atomic mass is 16.5. The summed E-state index contributed by atoms with van der Waals surface area (Å²) >= 11 is 0. The molecule has 0 aromatic heterocycles. The number of carbonyl (C=O) groups excluding carboxylic acids is 1. The number of anilines is 2. The van der Waals surface area contributed by atoms with E-state index in [0.717, 1.165) is 61.1 Å². The van der Waals surface area contributed by atoms with Crippen LogP contribution in [0.1, 0.15) is 28.8 Å². The van der Waals surface area contributed by atoms with Crippen molar-refractivity contribution in [2.45, 2.75) is 25.8 Å². The number of fused-ring (bicyclic) bond motifs is 1.